The van der Waals surface area contributed by atoms with Crippen molar-refractivity contribution in [2.45, 2.75) is 6.18 Å². The fourth-order valence-corrected chi connectivity index (χ4v) is 2.05. The highest BCUT2D eigenvalue weighted by atomic mass is 19.4. The highest BCUT2D eigenvalue weighted by Crippen LogP contribution is 2.26. The van der Waals surface area contributed by atoms with Crippen LogP contribution < -0.4 is 10.1 Å². The number of carbonyl (C=O) groups excluding carboxylic acids is 2. The maximum atomic E-state index is 12.2. The van der Waals surface area contributed by atoms with Gasteiger partial charge in [-0.1, -0.05) is 0 Å². The Bertz CT molecular complexity index is 768. The number of β-amino-alcohol motifs (C(OH)–C–C–N with tert-alkyl or cyclic N) is 1. The molecule has 2 N–H and O–H groups in total. The summed E-state index contributed by atoms with van der Waals surface area (Å²) in [6.45, 7) is -2.09. The summed E-state index contributed by atoms with van der Waals surface area (Å²) < 4.78 is 41.1. The number of hydrogen-bond donors (Lipinski definition) is 2. The summed E-state index contributed by atoms with van der Waals surface area (Å²) in [5.41, 5.74) is -0.0284. The smallest absolute Gasteiger partial charge is 0.422 e. The summed E-state index contributed by atoms with van der Waals surface area (Å²) in [5.74, 6) is -1.52. The minimum atomic E-state index is -4.54. The SMILES string of the molecule is N#Cc1cc(NC2=CC(=O)N(CCO)C2=O)ccc1OCC(F)(F)F. The molecule has 1 aromatic rings. The van der Waals surface area contributed by atoms with Crippen molar-refractivity contribution in [3.8, 4) is 11.8 Å². The molecule has 1 heterocycles. The molecular weight excluding hydrogens is 343 g/mol. The number of benzene rings is 1. The van der Waals surface area contributed by atoms with Gasteiger partial charge in [0.25, 0.3) is 11.8 Å². The molecule has 132 valence electrons. The molecule has 1 aliphatic heterocycles. The topological polar surface area (TPSA) is 103 Å². The van der Waals surface area contributed by atoms with Gasteiger partial charge in [-0.2, -0.15) is 18.4 Å². The first-order valence-electron chi connectivity index (χ1n) is 6.94. The molecule has 0 bridgehead atoms. The number of rotatable bonds is 6. The van der Waals surface area contributed by atoms with Gasteiger partial charge in [-0.05, 0) is 18.2 Å². The second-order valence-corrected chi connectivity index (χ2v) is 4.93. The summed E-state index contributed by atoms with van der Waals surface area (Å²) in [4.78, 5) is 24.5. The number of nitrogens with one attached hydrogen (secondary N) is 1. The first-order chi connectivity index (χ1) is 11.7. The van der Waals surface area contributed by atoms with Gasteiger partial charge in [-0.25, -0.2) is 0 Å². The Morgan fingerprint density at radius 3 is 2.64 bits per heavy atom. The number of halogens is 3. The third-order valence-electron chi connectivity index (χ3n) is 3.10. The number of nitriles is 1. The summed E-state index contributed by atoms with van der Waals surface area (Å²) in [6, 6.07) is 5.35. The summed E-state index contributed by atoms with van der Waals surface area (Å²) >= 11 is 0. The molecular formula is C15H12F3N3O4. The van der Waals surface area contributed by atoms with Crippen molar-refractivity contribution in [1.29, 1.82) is 5.26 Å². The van der Waals surface area contributed by atoms with E-state index in [-0.39, 0.29) is 35.8 Å². The molecule has 0 saturated carbocycles. The average Bonchev–Trinajstić information content (AvgIpc) is 2.80. The van der Waals surface area contributed by atoms with Gasteiger partial charge in [0, 0.05) is 11.8 Å². The van der Waals surface area contributed by atoms with Crippen molar-refractivity contribution in [2.75, 3.05) is 25.1 Å². The van der Waals surface area contributed by atoms with E-state index in [1.165, 1.54) is 12.1 Å². The number of anilines is 1. The van der Waals surface area contributed by atoms with Gasteiger partial charge >= 0.3 is 6.18 Å². The third-order valence-corrected chi connectivity index (χ3v) is 3.10. The van der Waals surface area contributed by atoms with Gasteiger partial charge in [0.15, 0.2) is 6.61 Å². The van der Waals surface area contributed by atoms with Gasteiger partial charge in [0.05, 0.1) is 18.7 Å². The number of nitrogens with zero attached hydrogens (tertiary/aromatic N) is 2. The maximum absolute atomic E-state index is 12.2. The minimum Gasteiger partial charge on any atom is -0.483 e. The Kier molecular flexibility index (Phi) is 5.29. The van der Waals surface area contributed by atoms with Crippen LogP contribution in [-0.4, -0.2) is 47.8 Å². The lowest BCUT2D eigenvalue weighted by atomic mass is 10.2. The zero-order valence-electron chi connectivity index (χ0n) is 12.6. The van der Waals surface area contributed by atoms with Crippen LogP contribution in [0.3, 0.4) is 0 Å². The lowest BCUT2D eigenvalue weighted by molar-refractivity contribution is -0.153. The highest BCUT2D eigenvalue weighted by molar-refractivity contribution is 6.17. The summed E-state index contributed by atoms with van der Waals surface area (Å²) in [5, 5.41) is 20.5. The predicted octanol–water partition coefficient (Wildman–Crippen LogP) is 1.16. The van der Waals surface area contributed by atoms with E-state index in [0.29, 0.717) is 0 Å². The van der Waals surface area contributed by atoms with Crippen LogP contribution in [-0.2, 0) is 9.59 Å². The van der Waals surface area contributed by atoms with Crippen LogP contribution in [0.5, 0.6) is 5.75 Å². The van der Waals surface area contributed by atoms with Gasteiger partial charge in [0.2, 0.25) is 0 Å². The van der Waals surface area contributed by atoms with Crippen molar-refractivity contribution in [1.82, 2.24) is 4.90 Å². The second kappa shape index (κ2) is 7.23. The number of hydrogen-bond acceptors (Lipinski definition) is 6. The fourth-order valence-electron chi connectivity index (χ4n) is 2.05. The number of amides is 2. The van der Waals surface area contributed by atoms with E-state index in [1.54, 1.807) is 6.07 Å². The fraction of sp³-hybridized carbons (Fsp3) is 0.267. The molecule has 2 rings (SSSR count). The Hall–Kier alpha value is -3.06. The number of alkyl halides is 3. The van der Waals surface area contributed by atoms with E-state index >= 15 is 0 Å². The molecule has 1 aromatic carbocycles. The maximum Gasteiger partial charge on any atom is 0.422 e. The Balaban J connectivity index is 2.14. The number of aliphatic hydroxyl groups excluding tert-OH is 1. The summed E-state index contributed by atoms with van der Waals surface area (Å²) in [6.07, 6.45) is -3.51. The predicted molar refractivity (Wildman–Crippen MR) is 78.2 cm³/mol. The number of ether oxygens (including phenoxy) is 1. The molecule has 0 aliphatic carbocycles. The molecule has 0 saturated heterocycles. The number of imide groups is 1. The van der Waals surface area contributed by atoms with Crippen molar-refractivity contribution >= 4 is 17.5 Å². The first-order valence-corrected chi connectivity index (χ1v) is 6.94. The number of aliphatic hydroxyl groups is 1. The molecule has 25 heavy (non-hydrogen) atoms. The van der Waals surface area contributed by atoms with Crippen molar-refractivity contribution in [3.05, 3.63) is 35.5 Å². The van der Waals surface area contributed by atoms with E-state index in [0.717, 1.165) is 17.0 Å². The lowest BCUT2D eigenvalue weighted by Crippen LogP contribution is -2.34. The normalized spacial score (nSPS) is 14.4. The molecule has 1 aliphatic rings. The molecule has 0 spiro atoms. The van der Waals surface area contributed by atoms with Gasteiger partial charge in [-0.3, -0.25) is 14.5 Å². The largest absolute Gasteiger partial charge is 0.483 e. The van der Waals surface area contributed by atoms with E-state index in [2.05, 4.69) is 10.1 Å². The van der Waals surface area contributed by atoms with E-state index < -0.39 is 24.6 Å². The van der Waals surface area contributed by atoms with Crippen LogP contribution in [0.25, 0.3) is 0 Å². The van der Waals surface area contributed by atoms with Crippen LogP contribution in [0, 0.1) is 11.3 Å². The minimum absolute atomic E-state index is 0.0775. The third kappa shape index (κ3) is 4.48. The van der Waals surface area contributed by atoms with Crippen LogP contribution in [0.15, 0.2) is 30.0 Å². The van der Waals surface area contributed by atoms with Crippen molar-refractivity contribution < 1.29 is 32.6 Å². The Morgan fingerprint density at radius 1 is 1.32 bits per heavy atom. The van der Waals surface area contributed by atoms with E-state index in [1.807, 2.05) is 0 Å². The van der Waals surface area contributed by atoms with Gasteiger partial charge in [-0.15, -0.1) is 0 Å². The van der Waals surface area contributed by atoms with E-state index in [9.17, 15) is 22.8 Å². The van der Waals surface area contributed by atoms with Gasteiger partial charge < -0.3 is 15.2 Å². The highest BCUT2D eigenvalue weighted by Gasteiger charge is 2.31. The average molecular weight is 355 g/mol. The quantitative estimate of drug-likeness (QED) is 0.743. The second-order valence-electron chi connectivity index (χ2n) is 4.93. The van der Waals surface area contributed by atoms with E-state index in [4.69, 9.17) is 10.4 Å². The molecule has 0 fully saturated rings. The zero-order valence-corrected chi connectivity index (χ0v) is 12.6. The van der Waals surface area contributed by atoms with Crippen LogP contribution >= 0.6 is 0 Å². The Labute approximate surface area is 139 Å². The first kappa shape index (κ1) is 18.3. The molecule has 7 nitrogen and oxygen atoms in total. The molecule has 0 aromatic heterocycles. The zero-order chi connectivity index (χ0) is 18.6. The monoisotopic (exact) mass is 355 g/mol. The van der Waals surface area contributed by atoms with Crippen molar-refractivity contribution in [2.24, 2.45) is 0 Å². The molecule has 0 atom stereocenters. The van der Waals surface area contributed by atoms with Crippen LogP contribution in [0.4, 0.5) is 18.9 Å². The molecule has 0 unspecified atom stereocenters. The molecule has 0 radical (unpaired) electrons. The number of carbonyl (C=O) groups is 2. The van der Waals surface area contributed by atoms with Crippen molar-refractivity contribution in [3.63, 3.8) is 0 Å². The van der Waals surface area contributed by atoms with Crippen LogP contribution in [0.2, 0.25) is 0 Å². The Morgan fingerprint density at radius 2 is 2.04 bits per heavy atom. The lowest BCUT2D eigenvalue weighted by Gasteiger charge is -2.14. The standard InChI is InChI=1S/C15H12F3N3O4/c16-15(17,18)8-25-12-2-1-10(5-9(12)7-19)20-11-6-13(23)21(3-4-22)14(11)24/h1-2,5-6,20,22H,3-4,8H2. The van der Waals surface area contributed by atoms with Gasteiger partial charge in [0.1, 0.15) is 17.5 Å². The summed E-state index contributed by atoms with van der Waals surface area (Å²) in [7, 11) is 0. The molecule has 2 amide bonds. The molecule has 10 heteroatoms. The van der Waals surface area contributed by atoms with Crippen LogP contribution in [0.1, 0.15) is 5.56 Å².